The Kier molecular flexibility index (Phi) is 4.62. The van der Waals surface area contributed by atoms with Crippen LogP contribution < -0.4 is 0 Å². The van der Waals surface area contributed by atoms with Crippen LogP contribution >= 0.6 is 43.2 Å². The fourth-order valence-corrected chi connectivity index (χ4v) is 4.24. The van der Waals surface area contributed by atoms with Gasteiger partial charge >= 0.3 is 0 Å². The largest absolute Gasteiger partial charge is 0.293 e. The van der Waals surface area contributed by atoms with Gasteiger partial charge in [0, 0.05) is 10.9 Å². The lowest BCUT2D eigenvalue weighted by atomic mass is 10.00. The van der Waals surface area contributed by atoms with E-state index in [1.165, 1.54) is 37.0 Å². The van der Waals surface area contributed by atoms with Crippen molar-refractivity contribution in [3.8, 4) is 0 Å². The summed E-state index contributed by atoms with van der Waals surface area (Å²) in [6, 6.07) is 1.92. The van der Waals surface area contributed by atoms with E-state index >= 15 is 0 Å². The Morgan fingerprint density at radius 1 is 1.38 bits per heavy atom. The van der Waals surface area contributed by atoms with Crippen LogP contribution in [0.25, 0.3) is 0 Å². The molecular formula is C12H14Br2OS. The van der Waals surface area contributed by atoms with E-state index in [9.17, 15) is 4.79 Å². The second-order valence-electron chi connectivity index (χ2n) is 4.34. The van der Waals surface area contributed by atoms with E-state index in [4.69, 9.17) is 0 Å². The molecule has 0 atom stereocenters. The Bertz CT molecular complexity index is 361. The van der Waals surface area contributed by atoms with Crippen LogP contribution in [0.15, 0.2) is 14.3 Å². The average molecular weight is 366 g/mol. The molecule has 88 valence electrons. The zero-order valence-corrected chi connectivity index (χ0v) is 13.0. The monoisotopic (exact) mass is 364 g/mol. The maximum atomic E-state index is 11.9. The van der Waals surface area contributed by atoms with Gasteiger partial charge in [-0.05, 0) is 50.3 Å². The second kappa shape index (κ2) is 5.78. The summed E-state index contributed by atoms with van der Waals surface area (Å²) >= 11 is 8.36. The zero-order chi connectivity index (χ0) is 11.5. The van der Waals surface area contributed by atoms with E-state index in [2.05, 4.69) is 31.9 Å². The van der Waals surface area contributed by atoms with Crippen LogP contribution in [-0.2, 0) is 0 Å². The minimum atomic E-state index is 0.295. The van der Waals surface area contributed by atoms with Gasteiger partial charge in [0.25, 0.3) is 0 Å². The first-order valence-electron chi connectivity index (χ1n) is 5.65. The maximum absolute atomic E-state index is 11.9. The van der Waals surface area contributed by atoms with Crippen LogP contribution in [-0.4, -0.2) is 5.78 Å². The van der Waals surface area contributed by atoms with Crippen molar-refractivity contribution < 1.29 is 4.79 Å². The minimum Gasteiger partial charge on any atom is -0.293 e. The van der Waals surface area contributed by atoms with Crippen molar-refractivity contribution in [2.24, 2.45) is 5.92 Å². The summed E-state index contributed by atoms with van der Waals surface area (Å²) < 4.78 is 2.00. The standard InChI is InChI=1S/C12H14Br2OS/c13-9-7-11(16-12(9)14)10(15)6-5-8-3-1-2-4-8/h7-8H,1-6H2. The molecular weight excluding hydrogens is 352 g/mol. The molecule has 0 bridgehead atoms. The second-order valence-corrected chi connectivity index (χ2v) is 7.57. The van der Waals surface area contributed by atoms with Crippen molar-refractivity contribution in [2.45, 2.75) is 38.5 Å². The molecule has 0 radical (unpaired) electrons. The quantitative estimate of drug-likeness (QED) is 0.650. The molecule has 0 N–H and O–H groups in total. The van der Waals surface area contributed by atoms with E-state index in [0.717, 1.165) is 25.5 Å². The summed E-state index contributed by atoms with van der Waals surface area (Å²) in [6.45, 7) is 0. The molecule has 1 heterocycles. The fourth-order valence-electron chi connectivity index (χ4n) is 2.24. The van der Waals surface area contributed by atoms with E-state index in [1.807, 2.05) is 6.07 Å². The normalized spacial score (nSPS) is 16.9. The summed E-state index contributed by atoms with van der Waals surface area (Å²) in [7, 11) is 0. The molecule has 0 aliphatic heterocycles. The van der Waals surface area contributed by atoms with Gasteiger partial charge in [-0.1, -0.05) is 25.7 Å². The molecule has 1 aromatic heterocycles. The summed E-state index contributed by atoms with van der Waals surface area (Å²) in [5, 5.41) is 0. The first-order valence-corrected chi connectivity index (χ1v) is 8.05. The number of rotatable bonds is 4. The van der Waals surface area contributed by atoms with Crippen molar-refractivity contribution in [3.05, 3.63) is 19.2 Å². The Balaban J connectivity index is 1.87. The van der Waals surface area contributed by atoms with Crippen molar-refractivity contribution in [3.63, 3.8) is 0 Å². The van der Waals surface area contributed by atoms with Gasteiger partial charge in [0.1, 0.15) is 0 Å². The molecule has 0 amide bonds. The number of carbonyl (C=O) groups excluding carboxylic acids is 1. The summed E-state index contributed by atoms with van der Waals surface area (Å²) in [5.74, 6) is 1.10. The van der Waals surface area contributed by atoms with Crippen LogP contribution in [0.2, 0.25) is 0 Å². The van der Waals surface area contributed by atoms with Crippen molar-refractivity contribution in [1.29, 1.82) is 0 Å². The third-order valence-electron chi connectivity index (χ3n) is 3.17. The molecule has 1 fully saturated rings. The lowest BCUT2D eigenvalue weighted by Gasteiger charge is -2.06. The molecule has 0 unspecified atom stereocenters. The molecule has 4 heteroatoms. The Labute approximate surface area is 117 Å². The fraction of sp³-hybridized carbons (Fsp3) is 0.583. The molecule has 2 rings (SSSR count). The van der Waals surface area contributed by atoms with Gasteiger partial charge in [0.15, 0.2) is 5.78 Å². The van der Waals surface area contributed by atoms with Gasteiger partial charge in [0.05, 0.1) is 8.66 Å². The number of ketones is 1. The number of Topliss-reactive ketones (excluding diaryl/α,β-unsaturated/α-hetero) is 1. The van der Waals surface area contributed by atoms with E-state index in [-0.39, 0.29) is 0 Å². The van der Waals surface area contributed by atoms with Gasteiger partial charge in [0.2, 0.25) is 0 Å². The summed E-state index contributed by atoms with van der Waals surface area (Å²) in [5.41, 5.74) is 0. The Hall–Kier alpha value is 0.330. The van der Waals surface area contributed by atoms with Gasteiger partial charge in [-0.3, -0.25) is 4.79 Å². The first kappa shape index (κ1) is 12.8. The number of thiophene rings is 1. The SMILES string of the molecule is O=C(CCC1CCCC1)c1cc(Br)c(Br)s1. The van der Waals surface area contributed by atoms with E-state index in [0.29, 0.717) is 12.2 Å². The van der Waals surface area contributed by atoms with Crippen LogP contribution in [0.5, 0.6) is 0 Å². The van der Waals surface area contributed by atoms with Gasteiger partial charge in [-0.15, -0.1) is 11.3 Å². The molecule has 0 aromatic carbocycles. The molecule has 1 nitrogen and oxygen atoms in total. The average Bonchev–Trinajstić information content (AvgIpc) is 2.86. The molecule has 1 aromatic rings. The first-order chi connectivity index (χ1) is 7.66. The maximum Gasteiger partial charge on any atom is 0.172 e. The zero-order valence-electron chi connectivity index (χ0n) is 8.97. The highest BCUT2D eigenvalue weighted by molar-refractivity contribution is 9.13. The lowest BCUT2D eigenvalue weighted by molar-refractivity contribution is 0.0978. The molecule has 1 aliphatic rings. The molecule has 16 heavy (non-hydrogen) atoms. The lowest BCUT2D eigenvalue weighted by Crippen LogP contribution is -2.00. The predicted molar refractivity (Wildman–Crippen MR) is 75.2 cm³/mol. The number of hydrogen-bond donors (Lipinski definition) is 0. The van der Waals surface area contributed by atoms with Gasteiger partial charge < -0.3 is 0 Å². The van der Waals surface area contributed by atoms with Crippen LogP contribution in [0, 0.1) is 5.92 Å². The molecule has 0 spiro atoms. The molecule has 0 saturated heterocycles. The Morgan fingerprint density at radius 3 is 2.62 bits per heavy atom. The highest BCUT2D eigenvalue weighted by atomic mass is 79.9. The summed E-state index contributed by atoms with van der Waals surface area (Å²) in [6.07, 6.45) is 7.15. The van der Waals surface area contributed by atoms with E-state index < -0.39 is 0 Å². The topological polar surface area (TPSA) is 17.1 Å². The number of halogens is 2. The van der Waals surface area contributed by atoms with Crippen LogP contribution in [0.3, 0.4) is 0 Å². The highest BCUT2D eigenvalue weighted by Gasteiger charge is 2.18. The van der Waals surface area contributed by atoms with Crippen molar-refractivity contribution >= 4 is 49.0 Å². The van der Waals surface area contributed by atoms with Crippen LogP contribution in [0.1, 0.15) is 48.2 Å². The number of hydrogen-bond acceptors (Lipinski definition) is 2. The third kappa shape index (κ3) is 3.17. The van der Waals surface area contributed by atoms with Gasteiger partial charge in [-0.2, -0.15) is 0 Å². The van der Waals surface area contributed by atoms with Gasteiger partial charge in [-0.25, -0.2) is 0 Å². The summed E-state index contributed by atoms with van der Waals surface area (Å²) in [4.78, 5) is 12.8. The highest BCUT2D eigenvalue weighted by Crippen LogP contribution is 2.34. The molecule has 1 saturated carbocycles. The van der Waals surface area contributed by atoms with E-state index in [1.54, 1.807) is 0 Å². The van der Waals surface area contributed by atoms with Crippen molar-refractivity contribution in [2.75, 3.05) is 0 Å². The Morgan fingerprint density at radius 2 is 2.06 bits per heavy atom. The number of carbonyl (C=O) groups is 1. The van der Waals surface area contributed by atoms with Crippen molar-refractivity contribution in [1.82, 2.24) is 0 Å². The molecule has 1 aliphatic carbocycles. The van der Waals surface area contributed by atoms with Crippen LogP contribution in [0.4, 0.5) is 0 Å². The minimum absolute atomic E-state index is 0.295. The predicted octanol–water partition coefficient (Wildman–Crippen LogP) is 5.43. The third-order valence-corrected chi connectivity index (χ3v) is 6.47. The smallest absolute Gasteiger partial charge is 0.172 e.